The number of halogens is 6. The van der Waals surface area contributed by atoms with Crippen molar-refractivity contribution >= 4 is 16.8 Å². The molecule has 4 aromatic rings. The first kappa shape index (κ1) is 27.5. The Kier molecular flexibility index (Phi) is 6.76. The lowest BCUT2D eigenvalue weighted by atomic mass is 9.90. The van der Waals surface area contributed by atoms with Gasteiger partial charge in [0.1, 0.15) is 5.56 Å². The van der Waals surface area contributed by atoms with Crippen molar-refractivity contribution in [3.63, 3.8) is 0 Å². The van der Waals surface area contributed by atoms with Crippen LogP contribution in [0.3, 0.4) is 0 Å². The highest BCUT2D eigenvalue weighted by atomic mass is 19.4. The van der Waals surface area contributed by atoms with E-state index >= 15 is 0 Å². The van der Waals surface area contributed by atoms with Crippen LogP contribution in [0.15, 0.2) is 71.5 Å². The van der Waals surface area contributed by atoms with Gasteiger partial charge in [0.05, 0.1) is 16.6 Å². The molecule has 0 fully saturated rings. The van der Waals surface area contributed by atoms with Crippen molar-refractivity contribution in [2.45, 2.75) is 44.7 Å². The summed E-state index contributed by atoms with van der Waals surface area (Å²) in [6.45, 7) is 1.30. The van der Waals surface area contributed by atoms with Gasteiger partial charge in [0.15, 0.2) is 0 Å². The Morgan fingerprint density at radius 3 is 2.15 bits per heavy atom. The molecule has 2 heterocycles. The van der Waals surface area contributed by atoms with Crippen LogP contribution in [-0.2, 0) is 25.3 Å². The minimum Gasteiger partial charge on any atom is -0.337 e. The first-order valence-electron chi connectivity index (χ1n) is 12.6. The molecule has 3 aromatic carbocycles. The maximum atomic E-state index is 14.0. The maximum Gasteiger partial charge on any atom is 0.416 e. The van der Waals surface area contributed by atoms with Gasteiger partial charge in [-0.2, -0.15) is 26.3 Å². The van der Waals surface area contributed by atoms with Crippen LogP contribution < -0.4 is 5.56 Å². The molecule has 1 aliphatic heterocycles. The molecule has 40 heavy (non-hydrogen) atoms. The van der Waals surface area contributed by atoms with Gasteiger partial charge in [0.25, 0.3) is 11.5 Å². The van der Waals surface area contributed by atoms with E-state index in [0.29, 0.717) is 35.1 Å². The Balaban J connectivity index is 1.68. The summed E-state index contributed by atoms with van der Waals surface area (Å²) in [4.78, 5) is 28.9. The highest BCUT2D eigenvalue weighted by Crippen LogP contribution is 2.38. The van der Waals surface area contributed by atoms with Gasteiger partial charge in [-0.25, -0.2) is 0 Å². The first-order chi connectivity index (χ1) is 18.8. The maximum absolute atomic E-state index is 14.0. The van der Waals surface area contributed by atoms with Crippen LogP contribution in [0.4, 0.5) is 26.3 Å². The molecule has 4 nitrogen and oxygen atoms in total. The van der Waals surface area contributed by atoms with Crippen molar-refractivity contribution in [1.82, 2.24) is 9.47 Å². The molecule has 10 heteroatoms. The number of nitrogens with zero attached hydrogens (tertiary/aromatic N) is 2. The number of para-hydroxylation sites is 1. The number of alkyl halides is 6. The number of rotatable bonds is 4. The topological polar surface area (TPSA) is 42.3 Å². The third kappa shape index (κ3) is 4.87. The Hall–Kier alpha value is -4.08. The predicted octanol–water partition coefficient (Wildman–Crippen LogP) is 7.49. The minimum absolute atomic E-state index is 0.0400. The molecule has 0 radical (unpaired) electrons. The van der Waals surface area contributed by atoms with Crippen LogP contribution >= 0.6 is 0 Å². The Bertz CT molecular complexity index is 1640. The highest BCUT2D eigenvalue weighted by Gasteiger charge is 2.37. The van der Waals surface area contributed by atoms with E-state index in [4.69, 9.17) is 0 Å². The fraction of sp³-hybridized carbons (Fsp3) is 0.267. The number of carbonyl (C=O) groups is 1. The molecule has 0 spiro atoms. The van der Waals surface area contributed by atoms with Crippen molar-refractivity contribution in [3.8, 4) is 11.1 Å². The van der Waals surface area contributed by atoms with Crippen molar-refractivity contribution in [1.29, 1.82) is 0 Å². The minimum atomic E-state index is -5.02. The number of carbonyl (C=O) groups excluding carboxylic acids is 1. The number of hydrogen-bond donors (Lipinski definition) is 0. The summed E-state index contributed by atoms with van der Waals surface area (Å²) in [5.74, 6) is -0.802. The summed E-state index contributed by atoms with van der Waals surface area (Å²) in [6, 6.07) is 15.4. The number of pyridine rings is 1. The third-order valence-electron chi connectivity index (χ3n) is 7.27. The molecule has 208 valence electrons. The molecule has 0 saturated heterocycles. The number of aromatic nitrogens is 1. The predicted molar refractivity (Wildman–Crippen MR) is 139 cm³/mol. The molecule has 0 aliphatic carbocycles. The fourth-order valence-corrected chi connectivity index (χ4v) is 5.41. The average molecular weight is 559 g/mol. The van der Waals surface area contributed by atoms with Crippen LogP contribution in [-0.4, -0.2) is 22.4 Å². The second-order valence-electron chi connectivity index (χ2n) is 10.1. The number of amides is 1. The zero-order valence-corrected chi connectivity index (χ0v) is 21.5. The van der Waals surface area contributed by atoms with Crippen molar-refractivity contribution < 1.29 is 31.1 Å². The summed E-state index contributed by atoms with van der Waals surface area (Å²) in [5.41, 5.74) is -1.39. The lowest BCUT2D eigenvalue weighted by Crippen LogP contribution is -2.37. The van der Waals surface area contributed by atoms with E-state index in [1.165, 1.54) is 7.05 Å². The first-order valence-corrected chi connectivity index (χ1v) is 12.6. The Labute approximate surface area is 225 Å². The van der Waals surface area contributed by atoms with E-state index < -0.39 is 41.5 Å². The van der Waals surface area contributed by atoms with Crippen LogP contribution in [0.5, 0.6) is 0 Å². The average Bonchev–Trinajstić information content (AvgIpc) is 2.90. The fourth-order valence-electron chi connectivity index (χ4n) is 5.41. The molecule has 0 saturated carbocycles. The van der Waals surface area contributed by atoms with E-state index in [0.717, 1.165) is 22.4 Å². The van der Waals surface area contributed by atoms with Gasteiger partial charge < -0.3 is 9.47 Å². The standard InChI is InChI=1S/C30H24F6N2O2/c1-17-11-12-20-9-6-10-23-24(19-7-4-3-5-8-19)25(28(40)38(17)26(20)23)27(39)37(2)16-18-13-21(29(31,32)33)15-22(14-18)30(34,35)36/h3-10,13-15,17H,11-12,16H2,1-2H3. The number of benzene rings is 3. The smallest absolute Gasteiger partial charge is 0.337 e. The molecular weight excluding hydrogens is 534 g/mol. The van der Waals surface area contributed by atoms with Crippen LogP contribution in [0.25, 0.3) is 22.0 Å². The molecule has 1 unspecified atom stereocenters. The van der Waals surface area contributed by atoms with Crippen molar-refractivity contribution in [2.24, 2.45) is 0 Å². The monoisotopic (exact) mass is 558 g/mol. The van der Waals surface area contributed by atoms with Gasteiger partial charge in [0, 0.05) is 30.6 Å². The molecule has 0 bridgehead atoms. The highest BCUT2D eigenvalue weighted by molar-refractivity contribution is 6.09. The van der Waals surface area contributed by atoms with Gasteiger partial charge in [-0.05, 0) is 54.7 Å². The van der Waals surface area contributed by atoms with E-state index in [1.54, 1.807) is 34.9 Å². The van der Waals surface area contributed by atoms with Gasteiger partial charge in [-0.15, -0.1) is 0 Å². The van der Waals surface area contributed by atoms with Crippen molar-refractivity contribution in [2.75, 3.05) is 7.05 Å². The van der Waals surface area contributed by atoms with E-state index in [2.05, 4.69) is 0 Å². The largest absolute Gasteiger partial charge is 0.416 e. The number of aryl methyl sites for hydroxylation is 1. The van der Waals surface area contributed by atoms with Gasteiger partial charge in [-0.1, -0.05) is 48.5 Å². The molecule has 1 aliphatic rings. The van der Waals surface area contributed by atoms with E-state index in [-0.39, 0.29) is 23.2 Å². The van der Waals surface area contributed by atoms with Crippen LogP contribution in [0.2, 0.25) is 0 Å². The van der Waals surface area contributed by atoms with Crippen LogP contribution in [0, 0.1) is 0 Å². The van der Waals surface area contributed by atoms with E-state index in [9.17, 15) is 35.9 Å². The summed E-state index contributed by atoms with van der Waals surface area (Å²) in [6.07, 6.45) is -8.62. The molecule has 1 atom stereocenters. The molecule has 1 amide bonds. The lowest BCUT2D eigenvalue weighted by molar-refractivity contribution is -0.143. The van der Waals surface area contributed by atoms with Gasteiger partial charge >= 0.3 is 12.4 Å². The van der Waals surface area contributed by atoms with Crippen molar-refractivity contribution in [3.05, 3.63) is 105 Å². The molecule has 0 N–H and O–H groups in total. The molecule has 1 aromatic heterocycles. The Morgan fingerprint density at radius 2 is 1.55 bits per heavy atom. The van der Waals surface area contributed by atoms with Crippen LogP contribution in [0.1, 0.15) is 52.0 Å². The normalized spacial score (nSPS) is 15.3. The number of hydrogen-bond acceptors (Lipinski definition) is 2. The van der Waals surface area contributed by atoms with Gasteiger partial charge in [0.2, 0.25) is 0 Å². The summed E-state index contributed by atoms with van der Waals surface area (Å²) in [5, 5.41) is 0.671. The summed E-state index contributed by atoms with van der Waals surface area (Å²) >= 11 is 0. The Morgan fingerprint density at radius 1 is 0.925 bits per heavy atom. The quantitative estimate of drug-likeness (QED) is 0.244. The lowest BCUT2D eigenvalue weighted by Gasteiger charge is -2.29. The third-order valence-corrected chi connectivity index (χ3v) is 7.27. The SMILES string of the molecule is CC1CCc2cccc3c(-c4ccccc4)c(C(=O)N(C)Cc4cc(C(F)(F)F)cc(C(F)(F)F)c4)c(=O)n1c23. The summed E-state index contributed by atoms with van der Waals surface area (Å²) < 4.78 is 82.0. The zero-order chi connectivity index (χ0) is 29.0. The summed E-state index contributed by atoms with van der Waals surface area (Å²) in [7, 11) is 1.25. The second kappa shape index (κ2) is 9.83. The van der Waals surface area contributed by atoms with E-state index in [1.807, 2.05) is 25.1 Å². The zero-order valence-electron chi connectivity index (χ0n) is 21.5. The second-order valence-corrected chi connectivity index (χ2v) is 10.1. The molecule has 5 rings (SSSR count). The molecular formula is C30H24F6N2O2. The van der Waals surface area contributed by atoms with Gasteiger partial charge in [-0.3, -0.25) is 9.59 Å².